The Labute approximate surface area is 122 Å². The van der Waals surface area contributed by atoms with Gasteiger partial charge in [-0.2, -0.15) is 0 Å². The Morgan fingerprint density at radius 1 is 1.50 bits per heavy atom. The minimum Gasteiger partial charge on any atom is -0.496 e. The Morgan fingerprint density at radius 3 is 3.00 bits per heavy atom. The van der Waals surface area contributed by atoms with Crippen LogP contribution in [0, 0.1) is 5.92 Å². The van der Waals surface area contributed by atoms with Crippen molar-refractivity contribution in [3.8, 4) is 5.75 Å². The second kappa shape index (κ2) is 6.78. The van der Waals surface area contributed by atoms with Gasteiger partial charge < -0.3 is 4.74 Å². The van der Waals surface area contributed by atoms with E-state index in [1.165, 1.54) is 25.1 Å². The lowest BCUT2D eigenvalue weighted by Crippen LogP contribution is -2.20. The molecule has 1 aliphatic heterocycles. The average Bonchev–Trinajstić information content (AvgIpc) is 2.77. The van der Waals surface area contributed by atoms with Crippen molar-refractivity contribution in [2.75, 3.05) is 26.1 Å². The molecule has 4 heteroatoms. The molecule has 1 heterocycles. The summed E-state index contributed by atoms with van der Waals surface area (Å²) in [6.07, 6.45) is 2.43. The van der Waals surface area contributed by atoms with Crippen LogP contribution in [0.1, 0.15) is 18.4 Å². The molecule has 0 bridgehead atoms. The lowest BCUT2D eigenvalue weighted by molar-refractivity contribution is 0.315. The predicted molar refractivity (Wildman–Crippen MR) is 79.4 cm³/mol. The molecule has 1 unspecified atom stereocenters. The van der Waals surface area contributed by atoms with Crippen molar-refractivity contribution in [1.29, 1.82) is 0 Å². The van der Waals surface area contributed by atoms with Crippen molar-refractivity contribution < 1.29 is 4.74 Å². The summed E-state index contributed by atoms with van der Waals surface area (Å²) in [6.45, 7) is 3.38. The Kier molecular flexibility index (Phi) is 5.34. The highest BCUT2D eigenvalue weighted by Crippen LogP contribution is 2.27. The van der Waals surface area contributed by atoms with Crippen LogP contribution in [-0.4, -0.2) is 31.0 Å². The number of rotatable bonds is 5. The van der Waals surface area contributed by atoms with Crippen LogP contribution in [0.5, 0.6) is 5.75 Å². The minimum absolute atomic E-state index is 0.782. The maximum Gasteiger partial charge on any atom is 0.133 e. The van der Waals surface area contributed by atoms with Gasteiger partial charge in [0, 0.05) is 19.0 Å². The first-order valence-corrected chi connectivity index (χ1v) is 7.66. The molecule has 1 fully saturated rings. The second-order valence-electron chi connectivity index (χ2n) is 4.84. The van der Waals surface area contributed by atoms with Crippen molar-refractivity contribution in [3.05, 3.63) is 28.2 Å². The first kappa shape index (κ1) is 14.2. The molecule has 1 aliphatic rings. The Morgan fingerprint density at radius 2 is 2.33 bits per heavy atom. The van der Waals surface area contributed by atoms with Crippen LogP contribution in [0.25, 0.3) is 0 Å². The van der Waals surface area contributed by atoms with Crippen LogP contribution >= 0.6 is 27.5 Å². The molecule has 18 heavy (non-hydrogen) atoms. The van der Waals surface area contributed by atoms with Crippen LogP contribution in [-0.2, 0) is 6.54 Å². The van der Waals surface area contributed by atoms with Crippen molar-refractivity contribution >= 4 is 27.5 Å². The zero-order chi connectivity index (χ0) is 13.0. The molecule has 1 aromatic rings. The number of methoxy groups -OCH3 is 1. The van der Waals surface area contributed by atoms with Gasteiger partial charge in [-0.25, -0.2) is 0 Å². The van der Waals surface area contributed by atoms with Crippen LogP contribution in [0.15, 0.2) is 22.7 Å². The summed E-state index contributed by atoms with van der Waals surface area (Å²) >= 11 is 9.34. The van der Waals surface area contributed by atoms with Crippen LogP contribution in [0.2, 0.25) is 0 Å². The predicted octanol–water partition coefficient (Wildman–Crippen LogP) is 3.91. The molecule has 2 rings (SSSR count). The number of ether oxygens (including phenoxy) is 1. The van der Waals surface area contributed by atoms with Gasteiger partial charge in [-0.3, -0.25) is 4.90 Å². The SMILES string of the molecule is COc1ccc(CN2CCC(CCCl)C2)cc1Br. The summed E-state index contributed by atoms with van der Waals surface area (Å²) < 4.78 is 6.27. The fourth-order valence-corrected chi connectivity index (χ4v) is 3.41. The van der Waals surface area contributed by atoms with Gasteiger partial charge in [-0.15, -0.1) is 11.6 Å². The molecule has 1 atom stereocenters. The minimum atomic E-state index is 0.782. The van der Waals surface area contributed by atoms with Gasteiger partial charge in [-0.1, -0.05) is 6.07 Å². The molecule has 0 radical (unpaired) electrons. The molecule has 0 aliphatic carbocycles. The van der Waals surface area contributed by atoms with Crippen molar-refractivity contribution in [2.24, 2.45) is 5.92 Å². The topological polar surface area (TPSA) is 12.5 Å². The standard InChI is InChI=1S/C14H19BrClNO/c1-18-14-3-2-12(8-13(14)15)10-17-7-5-11(9-17)4-6-16/h2-3,8,11H,4-7,9-10H2,1H3. The van der Waals surface area contributed by atoms with Gasteiger partial charge in [-0.05, 0) is 58.9 Å². The summed E-state index contributed by atoms with van der Waals surface area (Å²) in [6, 6.07) is 6.30. The second-order valence-corrected chi connectivity index (χ2v) is 6.07. The summed E-state index contributed by atoms with van der Waals surface area (Å²) in [5, 5.41) is 0. The first-order chi connectivity index (χ1) is 8.72. The van der Waals surface area contributed by atoms with Gasteiger partial charge in [0.1, 0.15) is 5.75 Å². The number of benzene rings is 1. The molecular weight excluding hydrogens is 314 g/mol. The van der Waals surface area contributed by atoms with E-state index in [1.807, 2.05) is 6.07 Å². The van der Waals surface area contributed by atoms with E-state index in [9.17, 15) is 0 Å². The summed E-state index contributed by atoms with van der Waals surface area (Å²) in [7, 11) is 1.69. The van der Waals surface area contributed by atoms with Gasteiger partial charge in [0.25, 0.3) is 0 Å². The fourth-order valence-electron chi connectivity index (χ4n) is 2.51. The zero-order valence-electron chi connectivity index (χ0n) is 10.7. The van der Waals surface area contributed by atoms with Gasteiger partial charge in [0.05, 0.1) is 11.6 Å². The number of alkyl halides is 1. The van der Waals surface area contributed by atoms with Crippen molar-refractivity contribution in [1.82, 2.24) is 4.90 Å². The van der Waals surface area contributed by atoms with Gasteiger partial charge >= 0.3 is 0 Å². The highest BCUT2D eigenvalue weighted by Gasteiger charge is 2.21. The highest BCUT2D eigenvalue weighted by molar-refractivity contribution is 9.10. The average molecular weight is 333 g/mol. The monoisotopic (exact) mass is 331 g/mol. The Hall–Kier alpha value is -0.250. The quantitative estimate of drug-likeness (QED) is 0.758. The molecule has 1 saturated heterocycles. The molecular formula is C14H19BrClNO. The Balaban J connectivity index is 1.92. The normalized spacial score (nSPS) is 20.3. The molecule has 0 saturated carbocycles. The number of halogens is 2. The third kappa shape index (κ3) is 3.62. The molecule has 0 amide bonds. The van der Waals surface area contributed by atoms with Crippen molar-refractivity contribution in [3.63, 3.8) is 0 Å². The third-order valence-electron chi connectivity index (χ3n) is 3.51. The van der Waals surface area contributed by atoms with E-state index >= 15 is 0 Å². The van der Waals surface area contributed by atoms with E-state index in [4.69, 9.17) is 16.3 Å². The molecule has 1 aromatic carbocycles. The fraction of sp³-hybridized carbons (Fsp3) is 0.571. The van der Waals surface area contributed by atoms with E-state index in [0.717, 1.165) is 35.0 Å². The summed E-state index contributed by atoms with van der Waals surface area (Å²) in [5.41, 5.74) is 1.33. The number of nitrogens with zero attached hydrogens (tertiary/aromatic N) is 1. The maximum atomic E-state index is 5.81. The lowest BCUT2D eigenvalue weighted by Gasteiger charge is -2.16. The number of hydrogen-bond acceptors (Lipinski definition) is 2. The molecule has 0 spiro atoms. The first-order valence-electron chi connectivity index (χ1n) is 6.33. The van der Waals surface area contributed by atoms with E-state index in [2.05, 4.69) is 33.0 Å². The maximum absolute atomic E-state index is 5.81. The van der Waals surface area contributed by atoms with Gasteiger partial charge in [0.15, 0.2) is 0 Å². The van der Waals surface area contributed by atoms with E-state index < -0.39 is 0 Å². The molecule has 2 nitrogen and oxygen atoms in total. The van der Waals surface area contributed by atoms with Gasteiger partial charge in [0.2, 0.25) is 0 Å². The van der Waals surface area contributed by atoms with Crippen molar-refractivity contribution in [2.45, 2.75) is 19.4 Å². The molecule has 0 aromatic heterocycles. The third-order valence-corrected chi connectivity index (χ3v) is 4.35. The van der Waals surface area contributed by atoms with E-state index in [1.54, 1.807) is 7.11 Å². The van der Waals surface area contributed by atoms with Crippen LogP contribution in [0.4, 0.5) is 0 Å². The van der Waals surface area contributed by atoms with Crippen LogP contribution < -0.4 is 4.74 Å². The summed E-state index contributed by atoms with van der Waals surface area (Å²) in [4.78, 5) is 2.51. The largest absolute Gasteiger partial charge is 0.496 e. The molecule has 0 N–H and O–H groups in total. The van der Waals surface area contributed by atoms with E-state index in [-0.39, 0.29) is 0 Å². The van der Waals surface area contributed by atoms with Crippen LogP contribution in [0.3, 0.4) is 0 Å². The number of likely N-dealkylation sites (tertiary alicyclic amines) is 1. The highest BCUT2D eigenvalue weighted by atomic mass is 79.9. The zero-order valence-corrected chi connectivity index (χ0v) is 13.0. The summed E-state index contributed by atoms with van der Waals surface area (Å²) in [5.74, 6) is 2.46. The lowest BCUT2D eigenvalue weighted by atomic mass is 10.1. The molecule has 100 valence electrons. The smallest absolute Gasteiger partial charge is 0.133 e. The van der Waals surface area contributed by atoms with E-state index in [0.29, 0.717) is 0 Å². The number of hydrogen-bond donors (Lipinski definition) is 0. The Bertz CT molecular complexity index is 399.